The molecule has 1 aromatic carbocycles. The zero-order valence-corrected chi connectivity index (χ0v) is 11.2. The Bertz CT molecular complexity index is 363. The maximum Gasteiger partial charge on any atom is 0.119 e. The highest BCUT2D eigenvalue weighted by atomic mass is 16.5. The van der Waals surface area contributed by atoms with Crippen LogP contribution in [-0.4, -0.2) is 19.2 Å². The van der Waals surface area contributed by atoms with Gasteiger partial charge in [0.25, 0.3) is 0 Å². The van der Waals surface area contributed by atoms with E-state index in [9.17, 15) is 0 Å². The predicted octanol–water partition coefficient (Wildman–Crippen LogP) is 3.63. The molecule has 1 N–H and O–H groups in total. The summed E-state index contributed by atoms with van der Waals surface area (Å²) in [6.45, 7) is 4.06. The zero-order valence-electron chi connectivity index (χ0n) is 11.2. The molecule has 0 aromatic heterocycles. The van der Waals surface area contributed by atoms with E-state index >= 15 is 0 Å². The number of hydrogen-bond acceptors (Lipinski definition) is 2. The molecule has 1 atom stereocenters. The Balaban J connectivity index is 1.86. The summed E-state index contributed by atoms with van der Waals surface area (Å²) in [6, 6.07) is 8.87. The molecule has 1 fully saturated rings. The molecule has 1 heterocycles. The average Bonchev–Trinajstić information content (AvgIpc) is 2.45. The van der Waals surface area contributed by atoms with Crippen LogP contribution < -0.4 is 10.1 Å². The Morgan fingerprint density at radius 2 is 2.11 bits per heavy atom. The fraction of sp³-hybridized carbons (Fsp3) is 0.500. The van der Waals surface area contributed by atoms with Crippen molar-refractivity contribution in [1.82, 2.24) is 5.32 Å². The van der Waals surface area contributed by atoms with Crippen LogP contribution in [0.5, 0.6) is 5.75 Å². The van der Waals surface area contributed by atoms with E-state index in [1.807, 2.05) is 12.1 Å². The van der Waals surface area contributed by atoms with Crippen LogP contribution in [0.15, 0.2) is 30.3 Å². The lowest BCUT2D eigenvalue weighted by Crippen LogP contribution is -2.31. The van der Waals surface area contributed by atoms with Crippen molar-refractivity contribution in [3.8, 4) is 5.75 Å². The van der Waals surface area contributed by atoms with Crippen LogP contribution in [0.1, 0.15) is 38.2 Å². The highest BCUT2D eigenvalue weighted by molar-refractivity contribution is 5.51. The van der Waals surface area contributed by atoms with Gasteiger partial charge in [0.05, 0.1) is 6.61 Å². The van der Waals surface area contributed by atoms with Crippen molar-refractivity contribution >= 4 is 6.08 Å². The molecular weight excluding hydrogens is 222 g/mol. The first-order valence-corrected chi connectivity index (χ1v) is 7.03. The van der Waals surface area contributed by atoms with Crippen LogP contribution in [0.25, 0.3) is 6.08 Å². The molecule has 0 radical (unpaired) electrons. The number of nitrogens with one attached hydrogen (secondary N) is 1. The minimum atomic E-state index is 0.551. The number of piperidine rings is 1. The van der Waals surface area contributed by atoms with Gasteiger partial charge in [0.1, 0.15) is 5.75 Å². The molecular formula is C16H23NO. The molecule has 0 saturated carbocycles. The second-order valence-electron chi connectivity index (χ2n) is 4.83. The molecule has 0 amide bonds. The molecule has 0 bridgehead atoms. The highest BCUT2D eigenvalue weighted by Gasteiger charge is 2.08. The van der Waals surface area contributed by atoms with Gasteiger partial charge in [-0.25, -0.2) is 0 Å². The van der Waals surface area contributed by atoms with Gasteiger partial charge in [0.15, 0.2) is 0 Å². The first-order chi connectivity index (χ1) is 8.88. The Kier molecular flexibility index (Phi) is 5.28. The third kappa shape index (κ3) is 4.19. The monoisotopic (exact) mass is 245 g/mol. The van der Waals surface area contributed by atoms with Crippen molar-refractivity contribution in [3.05, 3.63) is 35.9 Å². The van der Waals surface area contributed by atoms with E-state index in [0.717, 1.165) is 25.3 Å². The van der Waals surface area contributed by atoms with Gasteiger partial charge in [-0.15, -0.1) is 0 Å². The molecule has 1 saturated heterocycles. The molecule has 0 spiro atoms. The van der Waals surface area contributed by atoms with E-state index in [0.29, 0.717) is 6.04 Å². The molecule has 1 unspecified atom stereocenters. The summed E-state index contributed by atoms with van der Waals surface area (Å²) < 4.78 is 5.57. The fourth-order valence-electron chi connectivity index (χ4n) is 2.17. The molecule has 1 aliphatic heterocycles. The first kappa shape index (κ1) is 13.2. The maximum absolute atomic E-state index is 5.57. The molecule has 98 valence electrons. The van der Waals surface area contributed by atoms with E-state index in [2.05, 4.69) is 36.5 Å². The summed E-state index contributed by atoms with van der Waals surface area (Å²) in [5.74, 6) is 0.963. The third-order valence-corrected chi connectivity index (χ3v) is 3.22. The van der Waals surface area contributed by atoms with Gasteiger partial charge < -0.3 is 10.1 Å². The number of ether oxygens (including phenoxy) is 1. The van der Waals surface area contributed by atoms with Gasteiger partial charge in [-0.1, -0.05) is 37.6 Å². The normalized spacial score (nSPS) is 20.2. The number of benzene rings is 1. The summed E-state index contributed by atoms with van der Waals surface area (Å²) in [4.78, 5) is 0. The van der Waals surface area contributed by atoms with Gasteiger partial charge in [0.2, 0.25) is 0 Å². The fourth-order valence-corrected chi connectivity index (χ4v) is 2.17. The SMILES string of the molecule is CCCOc1ccc(/C=C/C2CCCCN2)cc1. The van der Waals surface area contributed by atoms with Crippen LogP contribution in [-0.2, 0) is 0 Å². The van der Waals surface area contributed by atoms with E-state index < -0.39 is 0 Å². The molecule has 2 heteroatoms. The minimum absolute atomic E-state index is 0.551. The second-order valence-corrected chi connectivity index (χ2v) is 4.83. The van der Waals surface area contributed by atoms with Gasteiger partial charge in [-0.2, -0.15) is 0 Å². The topological polar surface area (TPSA) is 21.3 Å². The van der Waals surface area contributed by atoms with E-state index in [1.54, 1.807) is 0 Å². The summed E-state index contributed by atoms with van der Waals surface area (Å²) >= 11 is 0. The van der Waals surface area contributed by atoms with E-state index in [-0.39, 0.29) is 0 Å². The Morgan fingerprint density at radius 3 is 2.78 bits per heavy atom. The highest BCUT2D eigenvalue weighted by Crippen LogP contribution is 2.15. The van der Waals surface area contributed by atoms with E-state index in [1.165, 1.54) is 24.8 Å². The molecule has 18 heavy (non-hydrogen) atoms. The smallest absolute Gasteiger partial charge is 0.119 e. The molecule has 1 aromatic rings. The van der Waals surface area contributed by atoms with Crippen LogP contribution >= 0.6 is 0 Å². The summed E-state index contributed by atoms with van der Waals surface area (Å²) in [7, 11) is 0. The quantitative estimate of drug-likeness (QED) is 0.855. The predicted molar refractivity (Wildman–Crippen MR) is 76.9 cm³/mol. The van der Waals surface area contributed by atoms with Crippen molar-refractivity contribution in [2.24, 2.45) is 0 Å². The zero-order chi connectivity index (χ0) is 12.6. The van der Waals surface area contributed by atoms with Gasteiger partial charge in [-0.05, 0) is 43.5 Å². The van der Waals surface area contributed by atoms with Crippen LogP contribution in [0.3, 0.4) is 0 Å². The maximum atomic E-state index is 5.57. The Morgan fingerprint density at radius 1 is 1.28 bits per heavy atom. The second kappa shape index (κ2) is 7.22. The summed E-state index contributed by atoms with van der Waals surface area (Å²) in [6.07, 6.45) is 9.44. The largest absolute Gasteiger partial charge is 0.494 e. The molecule has 1 aliphatic rings. The standard InChI is InChI=1S/C16H23NO/c1-2-13-18-16-10-7-14(8-11-16)6-9-15-5-3-4-12-17-15/h6-11,15,17H,2-5,12-13H2,1H3/b9-6+. The first-order valence-electron chi connectivity index (χ1n) is 7.03. The van der Waals surface area contributed by atoms with Crippen LogP contribution in [0.2, 0.25) is 0 Å². The summed E-state index contributed by atoms with van der Waals surface area (Å²) in [5.41, 5.74) is 1.24. The van der Waals surface area contributed by atoms with Crippen molar-refractivity contribution in [3.63, 3.8) is 0 Å². The third-order valence-electron chi connectivity index (χ3n) is 3.22. The van der Waals surface area contributed by atoms with Crippen LogP contribution in [0.4, 0.5) is 0 Å². The molecule has 2 nitrogen and oxygen atoms in total. The average molecular weight is 245 g/mol. The van der Waals surface area contributed by atoms with Gasteiger partial charge >= 0.3 is 0 Å². The van der Waals surface area contributed by atoms with Gasteiger partial charge in [-0.3, -0.25) is 0 Å². The number of hydrogen-bond donors (Lipinski definition) is 1. The molecule has 2 rings (SSSR count). The Labute approximate surface area is 110 Å². The minimum Gasteiger partial charge on any atom is -0.494 e. The van der Waals surface area contributed by atoms with Gasteiger partial charge in [0, 0.05) is 6.04 Å². The lowest BCUT2D eigenvalue weighted by atomic mass is 10.0. The Hall–Kier alpha value is -1.28. The lowest BCUT2D eigenvalue weighted by molar-refractivity contribution is 0.317. The van der Waals surface area contributed by atoms with Crippen molar-refractivity contribution < 1.29 is 4.74 Å². The lowest BCUT2D eigenvalue weighted by Gasteiger charge is -2.20. The number of rotatable bonds is 5. The van der Waals surface area contributed by atoms with E-state index in [4.69, 9.17) is 4.74 Å². The van der Waals surface area contributed by atoms with Crippen molar-refractivity contribution in [2.45, 2.75) is 38.6 Å². The van der Waals surface area contributed by atoms with Crippen molar-refractivity contribution in [1.29, 1.82) is 0 Å². The van der Waals surface area contributed by atoms with Crippen LogP contribution in [0, 0.1) is 0 Å². The molecule has 0 aliphatic carbocycles. The van der Waals surface area contributed by atoms with Crippen molar-refractivity contribution in [2.75, 3.05) is 13.2 Å². The summed E-state index contributed by atoms with van der Waals surface area (Å²) in [5, 5.41) is 3.52.